The van der Waals surface area contributed by atoms with Crippen molar-refractivity contribution < 1.29 is 26.2 Å². The lowest BCUT2D eigenvalue weighted by atomic mass is 10.2. The van der Waals surface area contributed by atoms with E-state index in [0.717, 1.165) is 0 Å². The zero-order chi connectivity index (χ0) is 7.44. The molecule has 0 radical (unpaired) electrons. The lowest BCUT2D eigenvalue weighted by Crippen LogP contribution is -2.69. The molecule has 0 bridgehead atoms. The van der Waals surface area contributed by atoms with Gasteiger partial charge in [-0.3, -0.25) is 5.73 Å². The Labute approximate surface area is 51.6 Å². The van der Waals surface area contributed by atoms with Crippen molar-refractivity contribution in [1.29, 1.82) is 0 Å². The SMILES string of the molecule is [NH3+]C(=O)CC([NH3+])C(=O)O. The highest BCUT2D eigenvalue weighted by Crippen LogP contribution is 1.80. The normalized spacial score (nSPS) is 12.7. The van der Waals surface area contributed by atoms with Gasteiger partial charge in [0.15, 0.2) is 6.04 Å². The lowest BCUT2D eigenvalue weighted by molar-refractivity contribution is -0.412. The van der Waals surface area contributed by atoms with Gasteiger partial charge in [0.05, 0.1) is 0 Å². The van der Waals surface area contributed by atoms with Gasteiger partial charge in [-0.2, -0.15) is 0 Å². The molecule has 0 saturated carbocycles. The zero-order valence-corrected chi connectivity index (χ0v) is 4.96. The summed E-state index contributed by atoms with van der Waals surface area (Å²) in [7, 11) is 0. The van der Waals surface area contributed by atoms with E-state index in [1.807, 2.05) is 0 Å². The van der Waals surface area contributed by atoms with Crippen LogP contribution in [0.3, 0.4) is 0 Å². The average molecular weight is 134 g/mol. The molecule has 0 aliphatic carbocycles. The van der Waals surface area contributed by atoms with Crippen LogP contribution in [0.2, 0.25) is 0 Å². The molecule has 0 aromatic heterocycles. The number of aliphatic carboxylic acids is 1. The van der Waals surface area contributed by atoms with Gasteiger partial charge in [-0.1, -0.05) is 0 Å². The predicted octanol–water partition coefficient (Wildman–Crippen LogP) is -3.16. The molecule has 0 aromatic rings. The van der Waals surface area contributed by atoms with E-state index in [-0.39, 0.29) is 6.42 Å². The quantitative estimate of drug-likeness (QED) is 0.379. The summed E-state index contributed by atoms with van der Waals surface area (Å²) in [4.78, 5) is 20.1. The third-order valence-electron chi connectivity index (χ3n) is 0.823. The predicted molar refractivity (Wildman–Crippen MR) is 26.8 cm³/mol. The van der Waals surface area contributed by atoms with Crippen LogP contribution in [0.15, 0.2) is 0 Å². The first-order valence-corrected chi connectivity index (χ1v) is 2.44. The van der Waals surface area contributed by atoms with E-state index in [2.05, 4.69) is 11.5 Å². The molecule has 0 aliphatic rings. The van der Waals surface area contributed by atoms with Crippen molar-refractivity contribution in [2.75, 3.05) is 0 Å². The van der Waals surface area contributed by atoms with Gasteiger partial charge in [-0.15, -0.1) is 0 Å². The minimum atomic E-state index is -1.06. The molecule has 0 spiro atoms. The van der Waals surface area contributed by atoms with Crippen LogP contribution in [0.1, 0.15) is 6.42 Å². The first-order chi connectivity index (χ1) is 4.04. The van der Waals surface area contributed by atoms with Crippen LogP contribution in [-0.4, -0.2) is 23.0 Å². The molecule has 0 aromatic carbocycles. The summed E-state index contributed by atoms with van der Waals surface area (Å²) >= 11 is 0. The molecule has 1 amide bonds. The Balaban J connectivity index is 3.63. The smallest absolute Gasteiger partial charge is 0.363 e. The monoisotopic (exact) mass is 134 g/mol. The van der Waals surface area contributed by atoms with Crippen LogP contribution in [0.5, 0.6) is 0 Å². The second kappa shape index (κ2) is 3.16. The van der Waals surface area contributed by atoms with Gasteiger partial charge in [-0.05, 0) is 0 Å². The zero-order valence-electron chi connectivity index (χ0n) is 4.96. The fourth-order valence-corrected chi connectivity index (χ4v) is 0.362. The fraction of sp³-hybridized carbons (Fsp3) is 0.500. The van der Waals surface area contributed by atoms with Crippen molar-refractivity contribution >= 4 is 11.9 Å². The van der Waals surface area contributed by atoms with Gasteiger partial charge in [0.1, 0.15) is 6.42 Å². The topological polar surface area (TPSA) is 110 Å². The highest BCUT2D eigenvalue weighted by atomic mass is 16.4. The number of quaternary nitrogens is 2. The molecule has 7 N–H and O–H groups in total. The largest absolute Gasteiger partial charge is 0.477 e. The Kier molecular flexibility index (Phi) is 2.83. The van der Waals surface area contributed by atoms with Crippen LogP contribution in [0, 0.1) is 0 Å². The Hall–Kier alpha value is -0.940. The molecule has 5 nitrogen and oxygen atoms in total. The van der Waals surface area contributed by atoms with Gasteiger partial charge in [-0.25, -0.2) is 9.59 Å². The molecule has 9 heavy (non-hydrogen) atoms. The molecular weight excluding hydrogens is 124 g/mol. The molecule has 0 heterocycles. The minimum Gasteiger partial charge on any atom is -0.477 e. The molecule has 0 rings (SSSR count). The molecule has 1 unspecified atom stereocenters. The second-order valence-corrected chi connectivity index (χ2v) is 1.78. The van der Waals surface area contributed by atoms with Gasteiger partial charge >= 0.3 is 11.9 Å². The van der Waals surface area contributed by atoms with E-state index >= 15 is 0 Å². The van der Waals surface area contributed by atoms with Crippen molar-refractivity contribution in [1.82, 2.24) is 0 Å². The summed E-state index contributed by atoms with van der Waals surface area (Å²) in [5.74, 6) is -1.45. The van der Waals surface area contributed by atoms with Crippen LogP contribution in [0.4, 0.5) is 0 Å². The standard InChI is InChI=1S/C4H8N2O3/c5-2(4(8)9)1-3(6)7/h2H,1,5H2,(H2,6,7)(H,8,9)/p+2. The lowest BCUT2D eigenvalue weighted by Gasteiger charge is -1.94. The van der Waals surface area contributed by atoms with E-state index in [9.17, 15) is 9.59 Å². The fourth-order valence-electron chi connectivity index (χ4n) is 0.362. The maximum absolute atomic E-state index is 10.1. The van der Waals surface area contributed by atoms with Gasteiger partial charge in [0, 0.05) is 0 Å². The summed E-state index contributed by atoms with van der Waals surface area (Å²) in [5, 5.41) is 8.19. The van der Waals surface area contributed by atoms with Crippen molar-refractivity contribution in [2.24, 2.45) is 0 Å². The summed E-state index contributed by atoms with van der Waals surface area (Å²) < 4.78 is 0. The Morgan fingerprint density at radius 2 is 2.00 bits per heavy atom. The molecule has 0 aliphatic heterocycles. The first kappa shape index (κ1) is 8.06. The van der Waals surface area contributed by atoms with E-state index < -0.39 is 17.9 Å². The maximum atomic E-state index is 10.1. The van der Waals surface area contributed by atoms with Crippen LogP contribution in [0.25, 0.3) is 0 Å². The van der Waals surface area contributed by atoms with E-state index in [1.165, 1.54) is 0 Å². The third kappa shape index (κ3) is 3.63. The third-order valence-corrected chi connectivity index (χ3v) is 0.823. The number of amides is 1. The summed E-state index contributed by atoms with van der Waals surface area (Å²) in [6.07, 6.45) is -0.0880. The molecule has 0 fully saturated rings. The summed E-state index contributed by atoms with van der Waals surface area (Å²) in [6, 6.07) is -0.852. The minimum absolute atomic E-state index is 0.0880. The summed E-state index contributed by atoms with van der Waals surface area (Å²) in [6.45, 7) is 0. The Morgan fingerprint density at radius 3 is 2.11 bits per heavy atom. The number of hydrogen-bond donors (Lipinski definition) is 3. The Bertz CT molecular complexity index is 134. The Morgan fingerprint density at radius 1 is 1.56 bits per heavy atom. The number of carboxylic acids is 1. The van der Waals surface area contributed by atoms with Crippen molar-refractivity contribution in [2.45, 2.75) is 12.5 Å². The van der Waals surface area contributed by atoms with Crippen molar-refractivity contribution in [3.63, 3.8) is 0 Å². The van der Waals surface area contributed by atoms with Crippen molar-refractivity contribution in [3.05, 3.63) is 0 Å². The van der Waals surface area contributed by atoms with Gasteiger partial charge < -0.3 is 10.8 Å². The molecule has 0 saturated heterocycles. The number of carbonyl (C=O) groups excluding carboxylic acids is 1. The maximum Gasteiger partial charge on any atom is 0.363 e. The number of hydrogen-bond acceptors (Lipinski definition) is 2. The molecular formula is C4H10N2O3+2. The van der Waals surface area contributed by atoms with E-state index in [4.69, 9.17) is 5.11 Å². The van der Waals surface area contributed by atoms with Crippen LogP contribution < -0.4 is 11.5 Å². The highest BCUT2D eigenvalue weighted by molar-refractivity contribution is 5.78. The number of rotatable bonds is 3. The van der Waals surface area contributed by atoms with Crippen LogP contribution in [-0.2, 0) is 9.59 Å². The van der Waals surface area contributed by atoms with Crippen molar-refractivity contribution in [3.8, 4) is 0 Å². The van der Waals surface area contributed by atoms with E-state index in [0.29, 0.717) is 0 Å². The van der Waals surface area contributed by atoms with Crippen LogP contribution >= 0.6 is 0 Å². The summed E-state index contributed by atoms with van der Waals surface area (Å²) in [5.41, 5.74) is 6.24. The second-order valence-electron chi connectivity index (χ2n) is 1.78. The van der Waals surface area contributed by atoms with Gasteiger partial charge in [0.25, 0.3) is 0 Å². The molecule has 52 valence electrons. The van der Waals surface area contributed by atoms with Gasteiger partial charge in [0.2, 0.25) is 0 Å². The number of carbonyl (C=O) groups is 2. The first-order valence-electron chi connectivity index (χ1n) is 2.44. The van der Waals surface area contributed by atoms with E-state index in [1.54, 1.807) is 0 Å². The molecule has 5 heteroatoms. The number of carboxylic acid groups (broad SMARTS) is 1. The average Bonchev–Trinajstić information content (AvgIpc) is 1.63. The highest BCUT2D eigenvalue weighted by Gasteiger charge is 2.19. The molecule has 1 atom stereocenters.